The van der Waals surface area contributed by atoms with Gasteiger partial charge in [0.2, 0.25) is 0 Å². The predicted octanol–water partition coefficient (Wildman–Crippen LogP) is 4.53. The van der Waals surface area contributed by atoms with Crippen LogP contribution < -0.4 is 4.74 Å². The van der Waals surface area contributed by atoms with E-state index in [0.717, 1.165) is 20.8 Å². The van der Waals surface area contributed by atoms with Gasteiger partial charge in [0.25, 0.3) is 5.91 Å². The molecule has 2 atom stereocenters. The second kappa shape index (κ2) is 6.13. The maximum absolute atomic E-state index is 13.4. The first-order valence-corrected chi connectivity index (χ1v) is 10.4. The number of amides is 1. The lowest BCUT2D eigenvalue weighted by Crippen LogP contribution is -2.48. The molecule has 26 heavy (non-hydrogen) atoms. The highest BCUT2D eigenvalue weighted by atomic mass is 79.9. The zero-order valence-corrected chi connectivity index (χ0v) is 17.2. The molecule has 0 aliphatic carbocycles. The summed E-state index contributed by atoms with van der Waals surface area (Å²) in [5.41, 5.74) is 0.253. The van der Waals surface area contributed by atoms with Gasteiger partial charge in [0, 0.05) is 23.5 Å². The van der Waals surface area contributed by atoms with Crippen LogP contribution in [0.25, 0.3) is 0 Å². The Labute approximate surface area is 165 Å². The van der Waals surface area contributed by atoms with E-state index < -0.39 is 11.1 Å². The molecular weight excluding hydrogens is 412 g/mol. The summed E-state index contributed by atoms with van der Waals surface area (Å²) in [5, 5.41) is 0.734. The Bertz CT molecular complexity index is 917. The van der Waals surface area contributed by atoms with Crippen molar-refractivity contribution in [2.24, 2.45) is 4.99 Å². The summed E-state index contributed by atoms with van der Waals surface area (Å²) in [6.45, 7) is 2.04. The first-order chi connectivity index (χ1) is 12.4. The summed E-state index contributed by atoms with van der Waals surface area (Å²) < 4.78 is 7.34. The molecule has 0 radical (unpaired) electrons. The molecule has 4 rings (SSSR count). The highest BCUT2D eigenvalue weighted by Gasteiger charge is 2.57. The Hall–Kier alpha value is -1.79. The minimum atomic E-state index is -0.963. The van der Waals surface area contributed by atoms with Gasteiger partial charge < -0.3 is 4.74 Å². The standard InChI is InChI=1S/C20H19BrN2O2S/c1-19(13-7-5-4-6-8-13)12-20(17(24)23(2)18(22-20)26-3)15-11-14(21)9-10-16(15)25-19/h4-11H,12H2,1-3H3. The van der Waals surface area contributed by atoms with Crippen molar-refractivity contribution in [3.63, 3.8) is 0 Å². The largest absolute Gasteiger partial charge is 0.482 e. The molecule has 0 saturated heterocycles. The molecule has 2 aromatic carbocycles. The van der Waals surface area contributed by atoms with Crippen molar-refractivity contribution in [3.05, 3.63) is 64.1 Å². The topological polar surface area (TPSA) is 41.9 Å². The van der Waals surface area contributed by atoms with E-state index in [0.29, 0.717) is 12.2 Å². The predicted molar refractivity (Wildman–Crippen MR) is 109 cm³/mol. The first kappa shape index (κ1) is 17.6. The van der Waals surface area contributed by atoms with E-state index in [1.165, 1.54) is 11.8 Å². The van der Waals surface area contributed by atoms with Crippen LogP contribution in [0.3, 0.4) is 0 Å². The van der Waals surface area contributed by atoms with Gasteiger partial charge in [-0.1, -0.05) is 58.0 Å². The van der Waals surface area contributed by atoms with Crippen LogP contribution >= 0.6 is 27.7 Å². The van der Waals surface area contributed by atoms with E-state index >= 15 is 0 Å². The van der Waals surface area contributed by atoms with Crippen LogP contribution in [0.5, 0.6) is 5.75 Å². The van der Waals surface area contributed by atoms with E-state index in [-0.39, 0.29) is 5.91 Å². The molecule has 134 valence electrons. The number of fused-ring (bicyclic) bond motifs is 2. The molecule has 2 heterocycles. The lowest BCUT2D eigenvalue weighted by molar-refractivity contribution is -0.134. The molecule has 6 heteroatoms. The van der Waals surface area contributed by atoms with Crippen LogP contribution in [0.1, 0.15) is 24.5 Å². The van der Waals surface area contributed by atoms with Gasteiger partial charge in [-0.2, -0.15) is 0 Å². The van der Waals surface area contributed by atoms with Crippen molar-refractivity contribution in [3.8, 4) is 5.75 Å². The minimum Gasteiger partial charge on any atom is -0.482 e. The van der Waals surface area contributed by atoms with Crippen LogP contribution in [0.4, 0.5) is 0 Å². The third-order valence-corrected chi connectivity index (χ3v) is 6.34. The first-order valence-electron chi connectivity index (χ1n) is 8.36. The number of ether oxygens (including phenoxy) is 1. The number of benzene rings is 2. The van der Waals surface area contributed by atoms with E-state index in [9.17, 15) is 4.79 Å². The highest BCUT2D eigenvalue weighted by Crippen LogP contribution is 2.53. The van der Waals surface area contributed by atoms with Crippen LogP contribution in [-0.4, -0.2) is 29.3 Å². The summed E-state index contributed by atoms with van der Waals surface area (Å²) in [6.07, 6.45) is 2.40. The summed E-state index contributed by atoms with van der Waals surface area (Å²) in [7, 11) is 1.79. The Morgan fingerprint density at radius 1 is 1.23 bits per heavy atom. The number of aliphatic imine (C=N–C) groups is 1. The van der Waals surface area contributed by atoms with Crippen LogP contribution in [0.2, 0.25) is 0 Å². The SMILES string of the molecule is CSC1=NC2(CC(C)(c3ccccc3)Oc3ccc(Br)cc32)C(=O)N1C. The lowest BCUT2D eigenvalue weighted by Gasteiger charge is -2.43. The fourth-order valence-corrected chi connectivity index (χ4v) is 4.82. The third kappa shape index (κ3) is 2.50. The van der Waals surface area contributed by atoms with Crippen LogP contribution in [0, 0.1) is 0 Å². The molecule has 1 spiro atoms. The van der Waals surface area contributed by atoms with Crippen molar-refractivity contribution >= 4 is 38.8 Å². The van der Waals surface area contributed by atoms with Gasteiger partial charge >= 0.3 is 0 Å². The number of hydrogen-bond donors (Lipinski definition) is 0. The van der Waals surface area contributed by atoms with Gasteiger partial charge in [-0.3, -0.25) is 9.69 Å². The van der Waals surface area contributed by atoms with Gasteiger partial charge in [-0.15, -0.1) is 0 Å². The van der Waals surface area contributed by atoms with Gasteiger partial charge in [0.1, 0.15) is 11.4 Å². The van der Waals surface area contributed by atoms with Crippen molar-refractivity contribution in [2.75, 3.05) is 13.3 Å². The third-order valence-electron chi connectivity index (χ3n) is 5.11. The summed E-state index contributed by atoms with van der Waals surface area (Å²) in [6, 6.07) is 15.9. The summed E-state index contributed by atoms with van der Waals surface area (Å²) in [4.78, 5) is 19.9. The number of nitrogens with zero attached hydrogens (tertiary/aromatic N) is 2. The Kier molecular flexibility index (Phi) is 4.15. The second-order valence-corrected chi connectivity index (χ2v) is 8.53. The lowest BCUT2D eigenvalue weighted by atomic mass is 9.74. The molecule has 4 nitrogen and oxygen atoms in total. The van der Waals surface area contributed by atoms with Crippen LogP contribution in [0.15, 0.2) is 58.0 Å². The molecule has 0 N–H and O–H groups in total. The molecule has 1 amide bonds. The molecule has 0 fully saturated rings. The zero-order valence-electron chi connectivity index (χ0n) is 14.8. The molecular formula is C20H19BrN2O2S. The quantitative estimate of drug-likeness (QED) is 0.666. The van der Waals surface area contributed by atoms with E-state index in [2.05, 4.69) is 15.9 Å². The number of halogens is 1. The Morgan fingerprint density at radius 3 is 2.62 bits per heavy atom. The van der Waals surface area contributed by atoms with Gasteiger partial charge in [-0.05, 0) is 36.9 Å². The summed E-state index contributed by atoms with van der Waals surface area (Å²) >= 11 is 5.02. The highest BCUT2D eigenvalue weighted by molar-refractivity contribution is 9.10. The molecule has 2 aliphatic heterocycles. The average molecular weight is 431 g/mol. The number of rotatable bonds is 1. The molecule has 2 aliphatic rings. The molecule has 0 bridgehead atoms. The number of hydrogen-bond acceptors (Lipinski definition) is 4. The maximum Gasteiger partial charge on any atom is 0.261 e. The smallest absolute Gasteiger partial charge is 0.261 e. The second-order valence-electron chi connectivity index (χ2n) is 6.84. The zero-order chi connectivity index (χ0) is 18.5. The Morgan fingerprint density at radius 2 is 1.96 bits per heavy atom. The number of thioether (sulfide) groups is 1. The Balaban J connectivity index is 1.95. The van der Waals surface area contributed by atoms with E-state index in [1.807, 2.05) is 61.7 Å². The van der Waals surface area contributed by atoms with Crippen molar-refractivity contribution in [2.45, 2.75) is 24.5 Å². The number of amidine groups is 1. The van der Waals surface area contributed by atoms with Crippen molar-refractivity contribution in [1.82, 2.24) is 4.90 Å². The molecule has 0 saturated carbocycles. The normalized spacial score (nSPS) is 27.3. The van der Waals surface area contributed by atoms with Crippen LogP contribution in [-0.2, 0) is 15.9 Å². The minimum absolute atomic E-state index is 0.00773. The van der Waals surface area contributed by atoms with E-state index in [4.69, 9.17) is 9.73 Å². The monoisotopic (exact) mass is 430 g/mol. The molecule has 2 aromatic rings. The number of carbonyl (C=O) groups is 1. The fraction of sp³-hybridized carbons (Fsp3) is 0.300. The fourth-order valence-electron chi connectivity index (χ4n) is 3.85. The maximum atomic E-state index is 13.4. The van der Waals surface area contributed by atoms with E-state index in [1.54, 1.807) is 11.9 Å². The molecule has 2 unspecified atom stereocenters. The van der Waals surface area contributed by atoms with Crippen molar-refractivity contribution < 1.29 is 9.53 Å². The number of likely N-dealkylation sites (N-methyl/N-ethyl adjacent to an activating group) is 1. The summed E-state index contributed by atoms with van der Waals surface area (Å²) in [5.74, 6) is 0.699. The molecule has 0 aromatic heterocycles. The van der Waals surface area contributed by atoms with Crippen molar-refractivity contribution in [1.29, 1.82) is 0 Å². The number of carbonyl (C=O) groups excluding carboxylic acids is 1. The van der Waals surface area contributed by atoms with Gasteiger partial charge in [-0.25, -0.2) is 4.99 Å². The van der Waals surface area contributed by atoms with Gasteiger partial charge in [0.15, 0.2) is 10.7 Å². The average Bonchev–Trinajstić information content (AvgIpc) is 2.88. The van der Waals surface area contributed by atoms with Gasteiger partial charge in [0.05, 0.1) is 0 Å².